The lowest BCUT2D eigenvalue weighted by atomic mass is 10.0. The van der Waals surface area contributed by atoms with Gasteiger partial charge >= 0.3 is 0 Å². The zero-order valence-corrected chi connectivity index (χ0v) is 19.0. The van der Waals surface area contributed by atoms with Crippen molar-refractivity contribution in [3.05, 3.63) is 81.6 Å². The van der Waals surface area contributed by atoms with Gasteiger partial charge in [0.2, 0.25) is 5.91 Å². The summed E-state index contributed by atoms with van der Waals surface area (Å²) in [7, 11) is 0. The van der Waals surface area contributed by atoms with Crippen LogP contribution in [-0.4, -0.2) is 24.9 Å². The fraction of sp³-hybridized carbons (Fsp3) is 0.200. The highest BCUT2D eigenvalue weighted by molar-refractivity contribution is 6.34. The maximum absolute atomic E-state index is 14.3. The van der Waals surface area contributed by atoms with Gasteiger partial charge in [-0.2, -0.15) is 0 Å². The molecule has 2 fully saturated rings. The fourth-order valence-electron chi connectivity index (χ4n) is 4.46. The second kappa shape index (κ2) is 8.36. The number of piperidine rings is 1. The van der Waals surface area contributed by atoms with Gasteiger partial charge in [-0.3, -0.25) is 9.59 Å². The van der Waals surface area contributed by atoms with E-state index in [0.717, 1.165) is 24.3 Å². The van der Waals surface area contributed by atoms with Crippen LogP contribution >= 0.6 is 23.2 Å². The summed E-state index contributed by atoms with van der Waals surface area (Å²) in [4.78, 5) is 26.8. The first kappa shape index (κ1) is 21.7. The SMILES string of the molecule is NC(=O)c1ccc(Cl)c(-c2ccc(NC(=O)c3c(F)cccc3Cl)c(N3CC4CC4C3)c2)c1. The number of carbonyl (C=O) groups is 2. The van der Waals surface area contributed by atoms with E-state index >= 15 is 0 Å². The molecule has 3 aromatic carbocycles. The molecule has 0 aromatic heterocycles. The van der Waals surface area contributed by atoms with Gasteiger partial charge in [-0.1, -0.05) is 35.3 Å². The van der Waals surface area contributed by atoms with Crippen molar-refractivity contribution in [2.24, 2.45) is 17.6 Å². The number of hydrogen-bond acceptors (Lipinski definition) is 3. The smallest absolute Gasteiger partial charge is 0.260 e. The van der Waals surface area contributed by atoms with Gasteiger partial charge in [-0.15, -0.1) is 0 Å². The average molecular weight is 484 g/mol. The quantitative estimate of drug-likeness (QED) is 0.495. The summed E-state index contributed by atoms with van der Waals surface area (Å²) in [5.41, 5.74) is 8.39. The lowest BCUT2D eigenvalue weighted by Crippen LogP contribution is -2.24. The van der Waals surface area contributed by atoms with E-state index in [1.54, 1.807) is 30.3 Å². The molecule has 33 heavy (non-hydrogen) atoms. The van der Waals surface area contributed by atoms with Crippen LogP contribution in [0.4, 0.5) is 15.8 Å². The van der Waals surface area contributed by atoms with Crippen LogP contribution in [-0.2, 0) is 0 Å². The Morgan fingerprint density at radius 1 is 1.00 bits per heavy atom. The number of nitrogens with zero attached hydrogens (tertiary/aromatic N) is 1. The molecule has 1 aliphatic heterocycles. The highest BCUT2D eigenvalue weighted by Crippen LogP contribution is 2.48. The third-order valence-electron chi connectivity index (χ3n) is 6.32. The predicted molar refractivity (Wildman–Crippen MR) is 129 cm³/mol. The van der Waals surface area contributed by atoms with Gasteiger partial charge in [-0.05, 0) is 66.3 Å². The van der Waals surface area contributed by atoms with Crippen LogP contribution in [0.1, 0.15) is 27.1 Å². The van der Waals surface area contributed by atoms with Crippen molar-refractivity contribution in [1.82, 2.24) is 0 Å². The van der Waals surface area contributed by atoms with Crippen molar-refractivity contribution in [3.8, 4) is 11.1 Å². The zero-order valence-electron chi connectivity index (χ0n) is 17.4. The van der Waals surface area contributed by atoms with E-state index in [4.69, 9.17) is 28.9 Å². The molecule has 2 aliphatic rings. The van der Waals surface area contributed by atoms with Crippen LogP contribution in [0, 0.1) is 17.7 Å². The van der Waals surface area contributed by atoms with E-state index in [1.807, 2.05) is 6.07 Å². The highest BCUT2D eigenvalue weighted by atomic mass is 35.5. The van der Waals surface area contributed by atoms with E-state index in [0.29, 0.717) is 33.7 Å². The number of halogens is 3. The maximum atomic E-state index is 14.3. The second-order valence-electron chi connectivity index (χ2n) is 8.50. The average Bonchev–Trinajstić information content (AvgIpc) is 3.39. The van der Waals surface area contributed by atoms with Gasteiger partial charge in [0.05, 0.1) is 22.0 Å². The van der Waals surface area contributed by atoms with Crippen LogP contribution < -0.4 is 16.0 Å². The summed E-state index contributed by atoms with van der Waals surface area (Å²) in [5, 5.41) is 3.35. The summed E-state index contributed by atoms with van der Waals surface area (Å²) < 4.78 is 14.3. The molecule has 8 heteroatoms. The van der Waals surface area contributed by atoms with Crippen molar-refractivity contribution >= 4 is 46.4 Å². The number of rotatable bonds is 5. The summed E-state index contributed by atoms with van der Waals surface area (Å²) in [5.74, 6) is -0.542. The Hall–Kier alpha value is -3.09. The van der Waals surface area contributed by atoms with Crippen molar-refractivity contribution in [1.29, 1.82) is 0 Å². The van der Waals surface area contributed by atoms with Crippen LogP contribution in [0.2, 0.25) is 10.0 Å². The zero-order chi connectivity index (χ0) is 23.3. The van der Waals surface area contributed by atoms with Crippen LogP contribution in [0.3, 0.4) is 0 Å². The summed E-state index contributed by atoms with van der Waals surface area (Å²) >= 11 is 12.5. The normalized spacial score (nSPS) is 18.7. The molecule has 2 unspecified atom stereocenters. The van der Waals surface area contributed by atoms with E-state index in [1.165, 1.54) is 24.6 Å². The van der Waals surface area contributed by atoms with E-state index in [-0.39, 0.29) is 10.6 Å². The van der Waals surface area contributed by atoms with Gasteiger partial charge in [0.15, 0.2) is 0 Å². The van der Waals surface area contributed by atoms with Crippen molar-refractivity contribution in [2.45, 2.75) is 6.42 Å². The molecule has 1 saturated carbocycles. The molecule has 3 aromatic rings. The molecule has 1 saturated heterocycles. The Labute approximate surface area is 200 Å². The number of nitrogens with one attached hydrogen (secondary N) is 1. The minimum atomic E-state index is -0.685. The number of fused-ring (bicyclic) bond motifs is 1. The van der Waals surface area contributed by atoms with Crippen LogP contribution in [0.15, 0.2) is 54.6 Å². The summed E-state index contributed by atoms with van der Waals surface area (Å²) in [6.07, 6.45) is 1.22. The largest absolute Gasteiger partial charge is 0.369 e. The molecule has 3 N–H and O–H groups in total. The Kier molecular flexibility index (Phi) is 5.51. The Morgan fingerprint density at radius 2 is 1.76 bits per heavy atom. The number of nitrogens with two attached hydrogens (primary N) is 1. The van der Waals surface area contributed by atoms with E-state index in [2.05, 4.69) is 10.2 Å². The van der Waals surface area contributed by atoms with Crippen molar-refractivity contribution in [3.63, 3.8) is 0 Å². The lowest BCUT2D eigenvalue weighted by molar-refractivity contribution is 0.0997. The molecule has 168 valence electrons. The molecule has 2 atom stereocenters. The third-order valence-corrected chi connectivity index (χ3v) is 6.96. The first-order chi connectivity index (χ1) is 15.8. The monoisotopic (exact) mass is 483 g/mol. The van der Waals surface area contributed by atoms with Crippen molar-refractivity contribution < 1.29 is 14.0 Å². The fourth-order valence-corrected chi connectivity index (χ4v) is 4.94. The standard InChI is InChI=1S/C25H20Cl2FN3O2/c26-18-6-4-14(24(29)32)9-17(18)13-5-7-21(22(10-13)31-11-15-8-16(15)12-31)30-25(33)23-19(27)2-1-3-20(23)28/h1-7,9-10,15-16H,8,11-12H2,(H2,29,32)(H,30,33). The van der Waals surface area contributed by atoms with Gasteiger partial charge in [0, 0.05) is 29.2 Å². The Balaban J connectivity index is 1.54. The minimum Gasteiger partial charge on any atom is -0.369 e. The predicted octanol–water partition coefficient (Wildman–Crippen LogP) is 5.61. The third kappa shape index (κ3) is 4.16. The first-order valence-electron chi connectivity index (χ1n) is 10.6. The highest BCUT2D eigenvalue weighted by Gasteiger charge is 2.45. The van der Waals surface area contributed by atoms with Gasteiger partial charge < -0.3 is 16.0 Å². The molecule has 1 heterocycles. The van der Waals surface area contributed by atoms with Gasteiger partial charge in [0.1, 0.15) is 5.82 Å². The number of anilines is 2. The van der Waals surface area contributed by atoms with Gasteiger partial charge in [0.25, 0.3) is 5.91 Å². The first-order valence-corrected chi connectivity index (χ1v) is 11.3. The minimum absolute atomic E-state index is 0.0446. The number of benzene rings is 3. The number of amides is 2. The number of carbonyl (C=O) groups excluding carboxylic acids is 2. The molecule has 0 spiro atoms. The molecular weight excluding hydrogens is 464 g/mol. The molecule has 5 rings (SSSR count). The Morgan fingerprint density at radius 3 is 2.45 bits per heavy atom. The molecule has 2 amide bonds. The van der Waals surface area contributed by atoms with Crippen LogP contribution in [0.5, 0.6) is 0 Å². The van der Waals surface area contributed by atoms with Gasteiger partial charge in [-0.25, -0.2) is 4.39 Å². The maximum Gasteiger partial charge on any atom is 0.260 e. The van der Waals surface area contributed by atoms with Crippen molar-refractivity contribution in [2.75, 3.05) is 23.3 Å². The number of hydrogen-bond donors (Lipinski definition) is 2. The van der Waals surface area contributed by atoms with E-state index in [9.17, 15) is 14.0 Å². The molecule has 5 nitrogen and oxygen atoms in total. The van der Waals surface area contributed by atoms with E-state index < -0.39 is 17.6 Å². The lowest BCUT2D eigenvalue weighted by Gasteiger charge is -2.25. The molecule has 1 aliphatic carbocycles. The summed E-state index contributed by atoms with van der Waals surface area (Å²) in [6, 6.07) is 14.5. The molecule has 0 radical (unpaired) electrons. The topological polar surface area (TPSA) is 75.4 Å². The Bertz CT molecular complexity index is 1270. The molecular formula is C25H20Cl2FN3O2. The second-order valence-corrected chi connectivity index (χ2v) is 9.32. The number of primary amides is 1. The van der Waals surface area contributed by atoms with Crippen LogP contribution in [0.25, 0.3) is 11.1 Å². The summed E-state index contributed by atoms with van der Waals surface area (Å²) in [6.45, 7) is 1.76. The molecule has 0 bridgehead atoms.